The topological polar surface area (TPSA) is 53.1 Å². The van der Waals surface area contributed by atoms with Crippen molar-refractivity contribution in [2.45, 2.75) is 6.92 Å². The summed E-state index contributed by atoms with van der Waals surface area (Å²) in [5, 5.41) is 9.32. The molecule has 0 aliphatic rings. The van der Waals surface area contributed by atoms with E-state index in [0.29, 0.717) is 5.56 Å². The molecule has 104 valence electrons. The van der Waals surface area contributed by atoms with Crippen LogP contribution in [0.3, 0.4) is 0 Å². The molecule has 0 spiro atoms. The molecular formula is C18H15NO2. The van der Waals surface area contributed by atoms with Gasteiger partial charge in [-0.05, 0) is 41.8 Å². The van der Waals surface area contributed by atoms with Gasteiger partial charge in [-0.15, -0.1) is 0 Å². The molecule has 0 radical (unpaired) electrons. The van der Waals surface area contributed by atoms with Crippen molar-refractivity contribution in [2.75, 3.05) is 0 Å². The van der Waals surface area contributed by atoms with E-state index >= 15 is 0 Å². The Balaban J connectivity index is 1.90. The van der Waals surface area contributed by atoms with E-state index in [0.717, 1.165) is 22.4 Å². The van der Waals surface area contributed by atoms with Gasteiger partial charge in [-0.2, -0.15) is 0 Å². The van der Waals surface area contributed by atoms with Crippen LogP contribution in [0, 0.1) is 0 Å². The second-order valence-corrected chi connectivity index (χ2v) is 4.98. The van der Waals surface area contributed by atoms with Crippen LogP contribution in [0.1, 0.15) is 17.3 Å². The summed E-state index contributed by atoms with van der Waals surface area (Å²) in [6.45, 7) is 1.56. The second-order valence-electron chi connectivity index (χ2n) is 4.98. The molecule has 0 amide bonds. The molecule has 0 bridgehead atoms. The molecule has 0 unspecified atom stereocenters. The van der Waals surface area contributed by atoms with E-state index < -0.39 is 0 Å². The number of carbonyl (C=O) groups excluding carboxylic acids is 1. The van der Waals surface area contributed by atoms with Gasteiger partial charge >= 0.3 is 0 Å². The van der Waals surface area contributed by atoms with Crippen molar-refractivity contribution >= 4 is 5.78 Å². The Morgan fingerprint density at radius 2 is 1.52 bits per heavy atom. The van der Waals surface area contributed by atoms with Crippen molar-refractivity contribution in [1.82, 2.24) is 4.98 Å². The largest absolute Gasteiger partial charge is 0.508 e. The molecule has 0 aliphatic heterocycles. The molecule has 1 aromatic heterocycles. The molecule has 1 heterocycles. The van der Waals surface area contributed by atoms with Gasteiger partial charge in [0.25, 0.3) is 0 Å². The van der Waals surface area contributed by atoms with Crippen LogP contribution in [0.4, 0.5) is 0 Å². The maximum absolute atomic E-state index is 11.3. The Hall–Kier alpha value is -2.81. The zero-order chi connectivity index (χ0) is 14.8. The third kappa shape index (κ3) is 2.72. The average molecular weight is 277 g/mol. The maximum Gasteiger partial charge on any atom is 0.159 e. The van der Waals surface area contributed by atoms with Crippen molar-refractivity contribution < 1.29 is 9.90 Å². The van der Waals surface area contributed by atoms with Gasteiger partial charge in [0.15, 0.2) is 5.78 Å². The Morgan fingerprint density at radius 3 is 2.14 bits per heavy atom. The summed E-state index contributed by atoms with van der Waals surface area (Å²) in [4.78, 5) is 14.5. The standard InChI is InChI=1S/C18H15NO2/c1-12(20)13-2-4-15(5-3-13)18-10-16(11-19-18)14-6-8-17(21)9-7-14/h2-11,19,21H,1H3. The van der Waals surface area contributed by atoms with E-state index in [-0.39, 0.29) is 11.5 Å². The first-order valence-corrected chi connectivity index (χ1v) is 6.73. The van der Waals surface area contributed by atoms with Crippen LogP contribution in [0.15, 0.2) is 60.8 Å². The highest BCUT2D eigenvalue weighted by Crippen LogP contribution is 2.27. The SMILES string of the molecule is CC(=O)c1ccc(-c2cc(-c3ccc(O)cc3)c[nH]2)cc1. The number of aromatic amines is 1. The Labute approximate surface area is 122 Å². The van der Waals surface area contributed by atoms with Gasteiger partial charge in [-0.1, -0.05) is 36.4 Å². The highest BCUT2D eigenvalue weighted by molar-refractivity contribution is 5.94. The molecule has 2 aromatic carbocycles. The van der Waals surface area contributed by atoms with Crippen LogP contribution in [0.2, 0.25) is 0 Å². The number of H-pyrrole nitrogens is 1. The van der Waals surface area contributed by atoms with Crippen LogP contribution < -0.4 is 0 Å². The van der Waals surface area contributed by atoms with Crippen LogP contribution in [-0.4, -0.2) is 15.9 Å². The number of nitrogens with one attached hydrogen (secondary N) is 1. The molecule has 0 atom stereocenters. The van der Waals surface area contributed by atoms with Crippen molar-refractivity contribution in [2.24, 2.45) is 0 Å². The van der Waals surface area contributed by atoms with Crippen LogP contribution in [-0.2, 0) is 0 Å². The van der Waals surface area contributed by atoms with Gasteiger partial charge in [-0.25, -0.2) is 0 Å². The molecule has 3 heteroatoms. The number of phenols is 1. The van der Waals surface area contributed by atoms with Crippen molar-refractivity contribution in [3.05, 3.63) is 66.4 Å². The van der Waals surface area contributed by atoms with Crippen molar-refractivity contribution in [3.8, 4) is 28.1 Å². The predicted octanol–water partition coefficient (Wildman–Crippen LogP) is 4.26. The minimum absolute atomic E-state index is 0.0674. The van der Waals surface area contributed by atoms with E-state index in [4.69, 9.17) is 0 Å². The minimum Gasteiger partial charge on any atom is -0.508 e. The number of rotatable bonds is 3. The molecule has 3 nitrogen and oxygen atoms in total. The van der Waals surface area contributed by atoms with Gasteiger partial charge in [0.1, 0.15) is 5.75 Å². The summed E-state index contributed by atoms with van der Waals surface area (Å²) in [5.74, 6) is 0.326. The summed E-state index contributed by atoms with van der Waals surface area (Å²) < 4.78 is 0. The lowest BCUT2D eigenvalue weighted by atomic mass is 10.1. The number of hydrogen-bond donors (Lipinski definition) is 2. The van der Waals surface area contributed by atoms with Gasteiger partial charge < -0.3 is 10.1 Å². The first-order chi connectivity index (χ1) is 10.1. The fourth-order valence-corrected chi connectivity index (χ4v) is 2.27. The predicted molar refractivity (Wildman–Crippen MR) is 83.3 cm³/mol. The van der Waals surface area contributed by atoms with E-state index in [9.17, 15) is 9.90 Å². The summed E-state index contributed by atoms with van der Waals surface area (Å²) >= 11 is 0. The summed E-state index contributed by atoms with van der Waals surface area (Å²) in [6, 6.07) is 16.7. The third-order valence-corrected chi connectivity index (χ3v) is 3.49. The number of ketones is 1. The lowest BCUT2D eigenvalue weighted by Crippen LogP contribution is -1.90. The summed E-state index contributed by atoms with van der Waals surface area (Å²) in [5.41, 5.74) is 4.83. The second kappa shape index (κ2) is 5.29. The average Bonchev–Trinajstić information content (AvgIpc) is 2.98. The molecule has 3 rings (SSSR count). The van der Waals surface area contributed by atoms with Crippen LogP contribution in [0.25, 0.3) is 22.4 Å². The molecular weight excluding hydrogens is 262 g/mol. The lowest BCUT2D eigenvalue weighted by molar-refractivity contribution is 0.101. The summed E-state index contributed by atoms with van der Waals surface area (Å²) in [7, 11) is 0. The first kappa shape index (κ1) is 13.2. The lowest BCUT2D eigenvalue weighted by Gasteiger charge is -2.00. The van der Waals surface area contributed by atoms with Gasteiger partial charge in [0.2, 0.25) is 0 Å². The van der Waals surface area contributed by atoms with Gasteiger partial charge in [0, 0.05) is 17.5 Å². The summed E-state index contributed by atoms with van der Waals surface area (Å²) in [6.07, 6.45) is 1.93. The Kier molecular flexibility index (Phi) is 3.32. The first-order valence-electron chi connectivity index (χ1n) is 6.73. The number of phenolic OH excluding ortho intramolecular Hbond substituents is 1. The highest BCUT2D eigenvalue weighted by atomic mass is 16.3. The van der Waals surface area contributed by atoms with Gasteiger partial charge in [0.05, 0.1) is 0 Å². The minimum atomic E-state index is 0.0674. The Morgan fingerprint density at radius 1 is 0.905 bits per heavy atom. The fourth-order valence-electron chi connectivity index (χ4n) is 2.27. The highest BCUT2D eigenvalue weighted by Gasteiger charge is 2.05. The van der Waals surface area contributed by atoms with Crippen LogP contribution in [0.5, 0.6) is 5.75 Å². The number of aromatic nitrogens is 1. The van der Waals surface area contributed by atoms with Gasteiger partial charge in [-0.3, -0.25) is 4.79 Å². The number of hydrogen-bond acceptors (Lipinski definition) is 2. The van der Waals surface area contributed by atoms with Crippen molar-refractivity contribution in [1.29, 1.82) is 0 Å². The molecule has 0 fully saturated rings. The number of aromatic hydroxyl groups is 1. The molecule has 3 aromatic rings. The molecule has 0 saturated heterocycles. The van der Waals surface area contributed by atoms with E-state index in [2.05, 4.69) is 11.1 Å². The third-order valence-electron chi connectivity index (χ3n) is 3.49. The number of carbonyl (C=O) groups is 1. The molecule has 21 heavy (non-hydrogen) atoms. The molecule has 2 N–H and O–H groups in total. The monoisotopic (exact) mass is 277 g/mol. The number of benzene rings is 2. The molecule has 0 aliphatic carbocycles. The van der Waals surface area contributed by atoms with E-state index in [1.165, 1.54) is 0 Å². The molecule has 0 saturated carbocycles. The smallest absolute Gasteiger partial charge is 0.159 e. The Bertz CT molecular complexity index is 768. The van der Waals surface area contributed by atoms with Crippen LogP contribution >= 0.6 is 0 Å². The van der Waals surface area contributed by atoms with E-state index in [1.54, 1.807) is 19.1 Å². The zero-order valence-electron chi connectivity index (χ0n) is 11.6. The number of Topliss-reactive ketones (excluding diaryl/α,β-unsaturated/α-hetero) is 1. The normalized spacial score (nSPS) is 10.5. The fraction of sp³-hybridized carbons (Fsp3) is 0.0556. The van der Waals surface area contributed by atoms with Crippen molar-refractivity contribution in [3.63, 3.8) is 0 Å². The zero-order valence-corrected chi connectivity index (χ0v) is 11.6. The quantitative estimate of drug-likeness (QED) is 0.703. The maximum atomic E-state index is 11.3. The van der Waals surface area contributed by atoms with E-state index in [1.807, 2.05) is 42.6 Å².